The van der Waals surface area contributed by atoms with E-state index in [9.17, 15) is 19.1 Å². The lowest BCUT2D eigenvalue weighted by Gasteiger charge is -2.26. The van der Waals surface area contributed by atoms with Gasteiger partial charge < -0.3 is 25.5 Å². The lowest BCUT2D eigenvalue weighted by atomic mass is 9.99. The number of carbonyl (C=O) groups is 2. The van der Waals surface area contributed by atoms with Crippen molar-refractivity contribution in [2.24, 2.45) is 0 Å². The lowest BCUT2D eigenvalue weighted by molar-refractivity contribution is -0.137. The Hall–Kier alpha value is -3.39. The van der Waals surface area contributed by atoms with Crippen molar-refractivity contribution < 1.29 is 23.8 Å². The molecule has 1 heterocycles. The van der Waals surface area contributed by atoms with E-state index < -0.39 is 23.7 Å². The Morgan fingerprint density at radius 2 is 1.77 bits per heavy atom. The van der Waals surface area contributed by atoms with Crippen molar-refractivity contribution >= 4 is 23.0 Å². The average Bonchev–Trinajstić information content (AvgIpc) is 3.18. The molecule has 0 aliphatic heterocycles. The van der Waals surface area contributed by atoms with Crippen LogP contribution >= 0.6 is 0 Å². The van der Waals surface area contributed by atoms with Gasteiger partial charge in [0.25, 0.3) is 0 Å². The maximum Gasteiger partial charge on any atom is 0.407 e. The smallest absolute Gasteiger partial charge is 0.407 e. The lowest BCUT2D eigenvalue weighted by Crippen LogP contribution is -2.48. The van der Waals surface area contributed by atoms with Crippen molar-refractivity contribution in [3.05, 3.63) is 71.7 Å². The molecule has 0 aliphatic carbocycles. The summed E-state index contributed by atoms with van der Waals surface area (Å²) in [5.41, 5.74) is 1.93. The van der Waals surface area contributed by atoms with Gasteiger partial charge in [0.05, 0.1) is 6.42 Å². The predicted molar refractivity (Wildman–Crippen MR) is 134 cm³/mol. The molecule has 1 unspecified atom stereocenters. The molecule has 8 heteroatoms. The van der Waals surface area contributed by atoms with Crippen LogP contribution < -0.4 is 10.6 Å². The Bertz CT molecular complexity index is 1140. The Labute approximate surface area is 205 Å². The standard InChI is InChI=1S/C27H34FN3O4/c1-27(2,3)35-26(34)30-17-20(13-12-18-8-4-6-10-23(18)28)31-21(15-25(32)33)14-19-16-29-24-11-7-5-9-22(19)24/h4-11,16,20-21,29,31H,12-15,17H2,1-3H3,(H,30,34)(H,32,33)/t20?,21-/m1/s1. The van der Waals surface area contributed by atoms with Crippen molar-refractivity contribution in [3.8, 4) is 0 Å². The molecule has 1 amide bonds. The second-order valence-corrected chi connectivity index (χ2v) is 9.73. The highest BCUT2D eigenvalue weighted by Crippen LogP contribution is 2.20. The largest absolute Gasteiger partial charge is 0.481 e. The zero-order valence-electron chi connectivity index (χ0n) is 20.4. The van der Waals surface area contributed by atoms with E-state index in [1.165, 1.54) is 6.07 Å². The van der Waals surface area contributed by atoms with Crippen LogP contribution in [0.2, 0.25) is 0 Å². The molecule has 1 aromatic heterocycles. The number of carboxylic acid groups (broad SMARTS) is 1. The van der Waals surface area contributed by atoms with Crippen LogP contribution in [0, 0.1) is 5.82 Å². The molecule has 2 aromatic carbocycles. The van der Waals surface area contributed by atoms with E-state index in [-0.39, 0.29) is 24.8 Å². The number of hydrogen-bond donors (Lipinski definition) is 4. The first kappa shape index (κ1) is 26.2. The summed E-state index contributed by atoms with van der Waals surface area (Å²) in [6, 6.07) is 13.7. The molecule has 0 aliphatic rings. The molecule has 0 spiro atoms. The summed E-state index contributed by atoms with van der Waals surface area (Å²) >= 11 is 0. The molecule has 3 aromatic rings. The molecule has 0 fully saturated rings. The summed E-state index contributed by atoms with van der Waals surface area (Å²) in [4.78, 5) is 27.1. The van der Waals surface area contributed by atoms with Gasteiger partial charge in [-0.3, -0.25) is 4.79 Å². The van der Waals surface area contributed by atoms with Crippen LogP contribution in [0.3, 0.4) is 0 Å². The number of para-hydroxylation sites is 1. The van der Waals surface area contributed by atoms with E-state index in [0.29, 0.717) is 24.8 Å². The third kappa shape index (κ3) is 8.40. The topological polar surface area (TPSA) is 103 Å². The molecule has 188 valence electrons. The molecular weight excluding hydrogens is 449 g/mol. The van der Waals surface area contributed by atoms with E-state index in [4.69, 9.17) is 4.74 Å². The zero-order chi connectivity index (χ0) is 25.4. The highest BCUT2D eigenvalue weighted by molar-refractivity contribution is 5.83. The number of aryl methyl sites for hydroxylation is 1. The van der Waals surface area contributed by atoms with Crippen LogP contribution in [-0.2, 0) is 22.4 Å². The SMILES string of the molecule is CC(C)(C)OC(=O)NCC(CCc1ccccc1F)N[C@@H](CC(=O)O)Cc1c[nH]c2ccccc12. The third-order valence-electron chi connectivity index (χ3n) is 5.65. The molecule has 0 saturated heterocycles. The van der Waals surface area contributed by atoms with Crippen molar-refractivity contribution in [1.82, 2.24) is 15.6 Å². The van der Waals surface area contributed by atoms with E-state index in [0.717, 1.165) is 16.5 Å². The van der Waals surface area contributed by atoms with E-state index >= 15 is 0 Å². The zero-order valence-corrected chi connectivity index (χ0v) is 20.4. The summed E-state index contributed by atoms with van der Waals surface area (Å²) in [5.74, 6) is -1.21. The number of aliphatic carboxylic acids is 1. The molecule has 7 nitrogen and oxygen atoms in total. The van der Waals surface area contributed by atoms with Crippen molar-refractivity contribution in [1.29, 1.82) is 0 Å². The highest BCUT2D eigenvalue weighted by Gasteiger charge is 2.22. The van der Waals surface area contributed by atoms with Gasteiger partial charge in [-0.05, 0) is 63.3 Å². The normalized spacial score (nSPS) is 13.4. The molecule has 0 bridgehead atoms. The minimum absolute atomic E-state index is 0.0951. The number of nitrogens with one attached hydrogen (secondary N) is 3. The van der Waals surface area contributed by atoms with Gasteiger partial charge in [-0.15, -0.1) is 0 Å². The van der Waals surface area contributed by atoms with Crippen LogP contribution in [0.1, 0.15) is 44.7 Å². The first-order chi connectivity index (χ1) is 16.6. The number of aromatic amines is 1. The summed E-state index contributed by atoms with van der Waals surface area (Å²) in [6.45, 7) is 5.56. The van der Waals surface area contributed by atoms with Gasteiger partial charge in [0.1, 0.15) is 11.4 Å². The van der Waals surface area contributed by atoms with Gasteiger partial charge in [0.15, 0.2) is 0 Å². The Balaban J connectivity index is 1.74. The molecular formula is C27H34FN3O4. The van der Waals surface area contributed by atoms with E-state index in [1.54, 1.807) is 39.0 Å². The fraction of sp³-hybridized carbons (Fsp3) is 0.407. The number of rotatable bonds is 11. The predicted octanol–water partition coefficient (Wildman–Crippen LogP) is 4.81. The number of H-pyrrole nitrogens is 1. The average molecular weight is 484 g/mol. The quantitative estimate of drug-likeness (QED) is 0.313. The highest BCUT2D eigenvalue weighted by atomic mass is 19.1. The number of hydrogen-bond acceptors (Lipinski definition) is 4. The Morgan fingerprint density at radius 3 is 2.49 bits per heavy atom. The first-order valence-corrected chi connectivity index (χ1v) is 11.8. The molecule has 2 atom stereocenters. The van der Waals surface area contributed by atoms with Crippen molar-refractivity contribution in [2.75, 3.05) is 6.54 Å². The number of carboxylic acids is 1. The van der Waals surface area contributed by atoms with Gasteiger partial charge in [-0.25, -0.2) is 9.18 Å². The second kappa shape index (κ2) is 11.8. The summed E-state index contributed by atoms with van der Waals surface area (Å²) < 4.78 is 19.5. The number of halogens is 1. The molecule has 4 N–H and O–H groups in total. The van der Waals surface area contributed by atoms with Gasteiger partial charge in [0, 0.05) is 35.7 Å². The summed E-state index contributed by atoms with van der Waals surface area (Å²) in [7, 11) is 0. The van der Waals surface area contributed by atoms with Crippen LogP contribution in [0.25, 0.3) is 10.9 Å². The maximum atomic E-state index is 14.2. The van der Waals surface area contributed by atoms with Crippen LogP contribution in [0.4, 0.5) is 9.18 Å². The first-order valence-electron chi connectivity index (χ1n) is 11.8. The Morgan fingerprint density at radius 1 is 1.06 bits per heavy atom. The number of carbonyl (C=O) groups excluding carboxylic acids is 1. The number of alkyl carbamates (subject to hydrolysis) is 1. The molecule has 35 heavy (non-hydrogen) atoms. The van der Waals surface area contributed by atoms with Crippen LogP contribution in [0.15, 0.2) is 54.7 Å². The van der Waals surface area contributed by atoms with Crippen molar-refractivity contribution in [3.63, 3.8) is 0 Å². The Kier molecular flexibility index (Phi) is 8.87. The molecule has 0 radical (unpaired) electrons. The fourth-order valence-electron chi connectivity index (χ4n) is 4.10. The number of ether oxygens (including phenoxy) is 1. The van der Waals surface area contributed by atoms with Crippen LogP contribution in [0.5, 0.6) is 0 Å². The minimum Gasteiger partial charge on any atom is -0.481 e. The van der Waals surface area contributed by atoms with E-state index in [2.05, 4.69) is 15.6 Å². The minimum atomic E-state index is -0.921. The number of amides is 1. The van der Waals surface area contributed by atoms with Crippen LogP contribution in [-0.4, -0.2) is 46.4 Å². The van der Waals surface area contributed by atoms with E-state index in [1.807, 2.05) is 30.5 Å². The fourth-order valence-corrected chi connectivity index (χ4v) is 4.10. The number of fused-ring (bicyclic) bond motifs is 1. The van der Waals surface area contributed by atoms with Gasteiger partial charge >= 0.3 is 12.1 Å². The monoisotopic (exact) mass is 483 g/mol. The number of aromatic nitrogens is 1. The van der Waals surface area contributed by atoms with Gasteiger partial charge in [-0.1, -0.05) is 36.4 Å². The molecule has 3 rings (SSSR count). The van der Waals surface area contributed by atoms with Gasteiger partial charge in [-0.2, -0.15) is 0 Å². The summed E-state index contributed by atoms with van der Waals surface area (Å²) in [6.07, 6.45) is 2.67. The molecule has 0 saturated carbocycles. The third-order valence-corrected chi connectivity index (χ3v) is 5.65. The number of benzene rings is 2. The van der Waals surface area contributed by atoms with Crippen molar-refractivity contribution in [2.45, 2.75) is 64.1 Å². The second-order valence-electron chi connectivity index (χ2n) is 9.73. The maximum absolute atomic E-state index is 14.2. The van der Waals surface area contributed by atoms with Gasteiger partial charge in [0.2, 0.25) is 0 Å². The summed E-state index contributed by atoms with van der Waals surface area (Å²) in [5, 5.41) is 16.8.